The van der Waals surface area contributed by atoms with E-state index in [9.17, 15) is 22.4 Å². The van der Waals surface area contributed by atoms with E-state index in [1.165, 1.54) is 18.2 Å². The minimum atomic E-state index is -5.08. The van der Waals surface area contributed by atoms with E-state index in [1.807, 2.05) is 0 Å². The average Bonchev–Trinajstić information content (AvgIpc) is 2.63. The van der Waals surface area contributed by atoms with Crippen molar-refractivity contribution >= 4 is 23.5 Å². The number of amides is 1. The Hall–Kier alpha value is -2.07. The van der Waals surface area contributed by atoms with Gasteiger partial charge in [-0.2, -0.15) is 13.2 Å². The van der Waals surface area contributed by atoms with Gasteiger partial charge >= 0.3 is 12.1 Å². The Bertz CT molecular complexity index is 665. The molecule has 0 saturated heterocycles. The van der Waals surface area contributed by atoms with Crippen LogP contribution in [0.4, 0.5) is 17.6 Å². The molecule has 1 fully saturated rings. The molecule has 0 spiro atoms. The van der Waals surface area contributed by atoms with Gasteiger partial charge in [0.2, 0.25) is 0 Å². The molecule has 0 aromatic heterocycles. The number of nitrogens with one attached hydrogen (secondary N) is 1. The number of nitrogens with two attached hydrogens (primary N) is 1. The van der Waals surface area contributed by atoms with Gasteiger partial charge in [-0.05, 0) is 50.3 Å². The molecule has 1 aliphatic rings. The van der Waals surface area contributed by atoms with Crippen LogP contribution in [0.15, 0.2) is 18.2 Å². The highest BCUT2D eigenvalue weighted by Gasteiger charge is 2.38. The SMILES string of the molecule is NCC1CCC(NC(=O)COc2ccc(Cl)c(F)c2)CC1.O=C(O)C(F)(F)F. The summed E-state index contributed by atoms with van der Waals surface area (Å²) < 4.78 is 50.2. The molecule has 1 saturated carbocycles. The maximum Gasteiger partial charge on any atom is 0.490 e. The van der Waals surface area contributed by atoms with Crippen molar-refractivity contribution in [1.82, 2.24) is 5.32 Å². The largest absolute Gasteiger partial charge is 0.490 e. The smallest absolute Gasteiger partial charge is 0.484 e. The van der Waals surface area contributed by atoms with E-state index in [-0.39, 0.29) is 23.6 Å². The molecule has 1 aromatic rings. The van der Waals surface area contributed by atoms with Crippen molar-refractivity contribution in [3.8, 4) is 5.75 Å². The van der Waals surface area contributed by atoms with Gasteiger partial charge in [-0.3, -0.25) is 4.79 Å². The molecule has 28 heavy (non-hydrogen) atoms. The minimum absolute atomic E-state index is 0.0310. The maximum absolute atomic E-state index is 13.2. The number of carbonyl (C=O) groups excluding carboxylic acids is 1. The van der Waals surface area contributed by atoms with Crippen LogP contribution in [0.3, 0.4) is 0 Å². The van der Waals surface area contributed by atoms with E-state index >= 15 is 0 Å². The first kappa shape index (κ1) is 24.0. The fraction of sp³-hybridized carbons (Fsp3) is 0.529. The Morgan fingerprint density at radius 3 is 2.29 bits per heavy atom. The Morgan fingerprint density at radius 2 is 1.82 bits per heavy atom. The van der Waals surface area contributed by atoms with Crippen LogP contribution in [0, 0.1) is 11.7 Å². The predicted octanol–water partition coefficient (Wildman–Crippen LogP) is 3.12. The quantitative estimate of drug-likeness (QED) is 0.625. The molecule has 0 aliphatic heterocycles. The number of carboxylic acid groups (broad SMARTS) is 1. The molecule has 2 rings (SSSR count). The summed E-state index contributed by atoms with van der Waals surface area (Å²) >= 11 is 5.58. The summed E-state index contributed by atoms with van der Waals surface area (Å²) in [7, 11) is 0. The maximum atomic E-state index is 13.2. The molecule has 11 heteroatoms. The summed E-state index contributed by atoms with van der Waals surface area (Å²) in [5, 5.41) is 10.1. The van der Waals surface area contributed by atoms with Crippen LogP contribution in [0.25, 0.3) is 0 Å². The van der Waals surface area contributed by atoms with Crippen LogP contribution in [0.5, 0.6) is 5.75 Å². The van der Waals surface area contributed by atoms with Crippen LogP contribution in [0.2, 0.25) is 5.02 Å². The third-order valence-corrected chi connectivity index (χ3v) is 4.36. The Balaban J connectivity index is 0.000000480. The average molecular weight is 429 g/mol. The second kappa shape index (κ2) is 11.1. The fourth-order valence-electron chi connectivity index (χ4n) is 2.53. The van der Waals surface area contributed by atoms with E-state index in [2.05, 4.69) is 5.32 Å². The summed E-state index contributed by atoms with van der Waals surface area (Å²) in [6.45, 7) is 0.587. The number of rotatable bonds is 5. The first-order chi connectivity index (χ1) is 13.0. The Morgan fingerprint density at radius 1 is 1.25 bits per heavy atom. The molecule has 1 amide bonds. The standard InChI is InChI=1S/C15H20ClFN2O2.C2HF3O2/c16-13-6-5-12(7-14(13)17)21-9-15(20)19-11-3-1-10(8-18)2-4-11;3-2(4,5)1(6)7/h5-7,10-11H,1-4,8-9,18H2,(H,19,20);(H,6,7). The third-order valence-electron chi connectivity index (χ3n) is 4.05. The molecular formula is C17H21ClF4N2O4. The molecule has 4 N–H and O–H groups in total. The first-order valence-corrected chi connectivity index (χ1v) is 8.78. The second-order valence-electron chi connectivity index (χ2n) is 6.19. The lowest BCUT2D eigenvalue weighted by molar-refractivity contribution is -0.192. The molecule has 6 nitrogen and oxygen atoms in total. The van der Waals surface area contributed by atoms with E-state index in [1.54, 1.807) is 0 Å². The molecule has 0 bridgehead atoms. The predicted molar refractivity (Wildman–Crippen MR) is 93.5 cm³/mol. The number of aliphatic carboxylic acids is 1. The van der Waals surface area contributed by atoms with Crippen molar-refractivity contribution in [2.75, 3.05) is 13.2 Å². The molecule has 0 unspecified atom stereocenters. The summed E-state index contributed by atoms with van der Waals surface area (Å²) in [4.78, 5) is 20.7. The molecule has 0 heterocycles. The van der Waals surface area contributed by atoms with Crippen LogP contribution < -0.4 is 15.8 Å². The van der Waals surface area contributed by atoms with Crippen molar-refractivity contribution in [3.05, 3.63) is 29.0 Å². The van der Waals surface area contributed by atoms with Crippen molar-refractivity contribution in [2.24, 2.45) is 11.7 Å². The molecule has 0 atom stereocenters. The number of carbonyl (C=O) groups is 2. The number of hydrogen-bond donors (Lipinski definition) is 3. The molecular weight excluding hydrogens is 408 g/mol. The number of ether oxygens (including phenoxy) is 1. The van der Waals surface area contributed by atoms with Crippen molar-refractivity contribution in [2.45, 2.75) is 37.9 Å². The summed E-state index contributed by atoms with van der Waals surface area (Å²) in [6, 6.07) is 4.29. The van der Waals surface area contributed by atoms with Gasteiger partial charge in [-0.15, -0.1) is 0 Å². The number of benzene rings is 1. The lowest BCUT2D eigenvalue weighted by atomic mass is 9.86. The number of hydrogen-bond acceptors (Lipinski definition) is 4. The van der Waals surface area contributed by atoms with Crippen LogP contribution >= 0.6 is 11.6 Å². The van der Waals surface area contributed by atoms with Crippen molar-refractivity contribution < 1.29 is 37.0 Å². The summed E-state index contributed by atoms with van der Waals surface area (Å²) in [5.41, 5.74) is 5.64. The van der Waals surface area contributed by atoms with Crippen molar-refractivity contribution in [1.29, 1.82) is 0 Å². The highest BCUT2D eigenvalue weighted by atomic mass is 35.5. The zero-order chi connectivity index (χ0) is 21.3. The van der Waals surface area contributed by atoms with E-state index in [4.69, 9.17) is 32.0 Å². The van der Waals surface area contributed by atoms with E-state index < -0.39 is 18.0 Å². The minimum Gasteiger partial charge on any atom is -0.484 e. The Labute approximate surface area is 164 Å². The third kappa shape index (κ3) is 8.75. The van der Waals surface area contributed by atoms with Crippen LogP contribution in [-0.2, 0) is 9.59 Å². The van der Waals surface area contributed by atoms with Gasteiger partial charge in [0.15, 0.2) is 6.61 Å². The highest BCUT2D eigenvalue weighted by Crippen LogP contribution is 2.23. The van der Waals surface area contributed by atoms with Gasteiger partial charge in [-0.25, -0.2) is 9.18 Å². The summed E-state index contributed by atoms with van der Waals surface area (Å²) in [5.74, 6) is -2.64. The van der Waals surface area contributed by atoms with Crippen LogP contribution in [-0.4, -0.2) is 42.4 Å². The molecule has 0 radical (unpaired) electrons. The monoisotopic (exact) mass is 428 g/mol. The van der Waals surface area contributed by atoms with Crippen LogP contribution in [0.1, 0.15) is 25.7 Å². The number of carboxylic acids is 1. The first-order valence-electron chi connectivity index (χ1n) is 8.40. The van der Waals surface area contributed by atoms with E-state index in [0.717, 1.165) is 25.7 Å². The highest BCUT2D eigenvalue weighted by molar-refractivity contribution is 6.30. The summed E-state index contributed by atoms with van der Waals surface area (Å²) in [6.07, 6.45) is -1.10. The second-order valence-corrected chi connectivity index (χ2v) is 6.60. The normalized spacial score (nSPS) is 19.2. The van der Waals surface area contributed by atoms with Gasteiger partial charge in [0, 0.05) is 12.1 Å². The molecule has 1 aromatic carbocycles. The number of halogens is 5. The lowest BCUT2D eigenvalue weighted by Crippen LogP contribution is -2.40. The zero-order valence-corrected chi connectivity index (χ0v) is 15.5. The van der Waals surface area contributed by atoms with E-state index in [0.29, 0.717) is 18.2 Å². The molecule has 158 valence electrons. The lowest BCUT2D eigenvalue weighted by Gasteiger charge is -2.28. The fourth-order valence-corrected chi connectivity index (χ4v) is 2.64. The Kier molecular flexibility index (Phi) is 9.47. The van der Waals surface area contributed by atoms with Gasteiger partial charge in [0.1, 0.15) is 11.6 Å². The number of alkyl halides is 3. The topological polar surface area (TPSA) is 102 Å². The van der Waals surface area contributed by atoms with Gasteiger partial charge in [0.25, 0.3) is 5.91 Å². The molecule has 1 aliphatic carbocycles. The van der Waals surface area contributed by atoms with Gasteiger partial charge in [-0.1, -0.05) is 11.6 Å². The zero-order valence-electron chi connectivity index (χ0n) is 14.8. The van der Waals surface area contributed by atoms with Gasteiger partial charge in [0.05, 0.1) is 5.02 Å². The van der Waals surface area contributed by atoms with Gasteiger partial charge < -0.3 is 20.9 Å². The van der Waals surface area contributed by atoms with Crippen molar-refractivity contribution in [3.63, 3.8) is 0 Å².